The number of rotatable bonds is 3. The lowest BCUT2D eigenvalue weighted by molar-refractivity contribution is 0.0250. The number of hydrogen-bond acceptors (Lipinski definition) is 3. The maximum Gasteiger partial charge on any atom is 0.0991 e. The van der Waals surface area contributed by atoms with Gasteiger partial charge in [-0.2, -0.15) is 5.26 Å². The van der Waals surface area contributed by atoms with Crippen molar-refractivity contribution in [3.8, 4) is 6.07 Å². The average Bonchev–Trinajstić information content (AvgIpc) is 2.39. The molecular weight excluding hydrogens is 212 g/mol. The van der Waals surface area contributed by atoms with Crippen LogP contribution in [0, 0.1) is 18.3 Å². The highest BCUT2D eigenvalue weighted by Crippen LogP contribution is 2.14. The zero-order chi connectivity index (χ0) is 12.1. The van der Waals surface area contributed by atoms with Crippen molar-refractivity contribution in [3.63, 3.8) is 0 Å². The molecule has 1 aliphatic rings. The lowest BCUT2D eigenvalue weighted by Gasteiger charge is -2.23. The van der Waals surface area contributed by atoms with Gasteiger partial charge in [-0.1, -0.05) is 6.07 Å². The van der Waals surface area contributed by atoms with Crippen molar-refractivity contribution in [2.75, 3.05) is 13.1 Å². The van der Waals surface area contributed by atoms with E-state index in [2.05, 4.69) is 18.3 Å². The topological polar surface area (TPSA) is 45.0 Å². The molecule has 1 aromatic rings. The van der Waals surface area contributed by atoms with Crippen molar-refractivity contribution in [2.45, 2.75) is 32.5 Å². The van der Waals surface area contributed by atoms with Crippen LogP contribution in [0.4, 0.5) is 0 Å². The third-order valence-corrected chi connectivity index (χ3v) is 3.20. The molecule has 1 N–H and O–H groups in total. The Morgan fingerprint density at radius 1 is 1.53 bits per heavy atom. The molecule has 90 valence electrons. The van der Waals surface area contributed by atoms with E-state index in [1.54, 1.807) is 0 Å². The van der Waals surface area contributed by atoms with Gasteiger partial charge in [-0.05, 0) is 49.6 Å². The molecule has 0 saturated carbocycles. The Morgan fingerprint density at radius 3 is 3.12 bits per heavy atom. The number of piperidine rings is 1. The molecule has 0 unspecified atom stereocenters. The van der Waals surface area contributed by atoms with E-state index in [-0.39, 0.29) is 0 Å². The van der Waals surface area contributed by atoms with Crippen LogP contribution in [0.15, 0.2) is 18.2 Å². The van der Waals surface area contributed by atoms with E-state index >= 15 is 0 Å². The number of aryl methyl sites for hydroxylation is 1. The third-order valence-electron chi connectivity index (χ3n) is 3.20. The van der Waals surface area contributed by atoms with Crippen molar-refractivity contribution in [1.82, 2.24) is 5.32 Å². The van der Waals surface area contributed by atoms with E-state index < -0.39 is 0 Å². The molecule has 2 rings (SSSR count). The van der Waals surface area contributed by atoms with Gasteiger partial charge in [-0.3, -0.25) is 0 Å². The number of nitriles is 1. The molecule has 0 spiro atoms. The van der Waals surface area contributed by atoms with Crippen LogP contribution in [-0.2, 0) is 11.3 Å². The summed E-state index contributed by atoms with van der Waals surface area (Å²) in [6.07, 6.45) is 2.63. The largest absolute Gasteiger partial charge is 0.372 e. The smallest absolute Gasteiger partial charge is 0.0991 e. The van der Waals surface area contributed by atoms with E-state index in [1.807, 2.05) is 18.2 Å². The first-order valence-electron chi connectivity index (χ1n) is 6.11. The van der Waals surface area contributed by atoms with Gasteiger partial charge in [-0.25, -0.2) is 0 Å². The van der Waals surface area contributed by atoms with Gasteiger partial charge < -0.3 is 10.1 Å². The Morgan fingerprint density at radius 2 is 2.41 bits per heavy atom. The Labute approximate surface area is 102 Å². The Bertz CT molecular complexity index is 417. The fourth-order valence-electron chi connectivity index (χ4n) is 2.07. The van der Waals surface area contributed by atoms with Crippen molar-refractivity contribution in [2.24, 2.45) is 0 Å². The minimum absolute atomic E-state index is 0.314. The van der Waals surface area contributed by atoms with Crippen LogP contribution in [0.2, 0.25) is 0 Å². The highest BCUT2D eigenvalue weighted by Gasteiger charge is 2.13. The molecule has 1 heterocycles. The van der Waals surface area contributed by atoms with Crippen LogP contribution in [0.25, 0.3) is 0 Å². The van der Waals surface area contributed by atoms with Gasteiger partial charge in [0, 0.05) is 6.54 Å². The minimum atomic E-state index is 0.314. The maximum atomic E-state index is 8.87. The van der Waals surface area contributed by atoms with E-state index in [9.17, 15) is 0 Å². The van der Waals surface area contributed by atoms with Crippen LogP contribution >= 0.6 is 0 Å². The summed E-state index contributed by atoms with van der Waals surface area (Å²) in [5.41, 5.74) is 3.01. The highest BCUT2D eigenvalue weighted by atomic mass is 16.5. The molecular formula is C14H18N2O. The first-order chi connectivity index (χ1) is 8.29. The molecule has 1 fully saturated rings. The first-order valence-corrected chi connectivity index (χ1v) is 6.11. The predicted octanol–water partition coefficient (Wildman–Crippen LogP) is 2.14. The molecule has 3 nitrogen and oxygen atoms in total. The summed E-state index contributed by atoms with van der Waals surface area (Å²) in [5.74, 6) is 0. The molecule has 1 aromatic carbocycles. The molecule has 0 bridgehead atoms. The van der Waals surface area contributed by atoms with Gasteiger partial charge in [0.05, 0.1) is 24.3 Å². The number of benzene rings is 1. The van der Waals surface area contributed by atoms with Gasteiger partial charge >= 0.3 is 0 Å². The van der Waals surface area contributed by atoms with E-state index in [1.165, 1.54) is 12.0 Å². The Balaban J connectivity index is 1.95. The second-order valence-electron chi connectivity index (χ2n) is 4.53. The standard InChI is InChI=1S/C14H18N2O/c1-11-4-5-12(8-15)7-13(11)10-17-14-3-2-6-16-9-14/h4-5,7,14,16H,2-3,6,9-10H2,1H3/t14-/m0/s1. The molecule has 1 aliphatic heterocycles. The molecule has 0 amide bonds. The van der Waals surface area contributed by atoms with Crippen LogP contribution < -0.4 is 5.32 Å². The average molecular weight is 230 g/mol. The van der Waals surface area contributed by atoms with Crippen molar-refractivity contribution in [1.29, 1.82) is 5.26 Å². The van der Waals surface area contributed by atoms with Crippen LogP contribution in [0.5, 0.6) is 0 Å². The summed E-state index contributed by atoms with van der Waals surface area (Å²) in [6.45, 7) is 4.70. The fraction of sp³-hybridized carbons (Fsp3) is 0.500. The summed E-state index contributed by atoms with van der Waals surface area (Å²) in [6, 6.07) is 7.92. The van der Waals surface area contributed by atoms with Gasteiger partial charge in [-0.15, -0.1) is 0 Å². The van der Waals surface area contributed by atoms with Crippen LogP contribution in [-0.4, -0.2) is 19.2 Å². The third kappa shape index (κ3) is 3.29. The summed E-state index contributed by atoms with van der Waals surface area (Å²) in [5, 5.41) is 12.2. The van der Waals surface area contributed by atoms with Crippen LogP contribution in [0.1, 0.15) is 29.5 Å². The van der Waals surface area contributed by atoms with Crippen molar-refractivity contribution < 1.29 is 4.74 Å². The minimum Gasteiger partial charge on any atom is -0.372 e. The highest BCUT2D eigenvalue weighted by molar-refractivity contribution is 5.37. The van der Waals surface area contributed by atoms with Crippen LogP contribution in [0.3, 0.4) is 0 Å². The predicted molar refractivity (Wildman–Crippen MR) is 66.6 cm³/mol. The lowest BCUT2D eigenvalue weighted by Crippen LogP contribution is -2.35. The SMILES string of the molecule is Cc1ccc(C#N)cc1CO[C@H]1CCCNC1. The zero-order valence-electron chi connectivity index (χ0n) is 10.2. The monoisotopic (exact) mass is 230 g/mol. The van der Waals surface area contributed by atoms with Gasteiger partial charge in [0.2, 0.25) is 0 Å². The first kappa shape index (κ1) is 12.1. The Hall–Kier alpha value is -1.37. The molecule has 1 atom stereocenters. The summed E-state index contributed by atoms with van der Waals surface area (Å²) in [4.78, 5) is 0. The summed E-state index contributed by atoms with van der Waals surface area (Å²) >= 11 is 0. The molecule has 17 heavy (non-hydrogen) atoms. The molecule has 3 heteroatoms. The van der Waals surface area contributed by atoms with Crippen molar-refractivity contribution in [3.05, 3.63) is 34.9 Å². The number of hydrogen-bond donors (Lipinski definition) is 1. The second-order valence-corrected chi connectivity index (χ2v) is 4.53. The van der Waals surface area contributed by atoms with Gasteiger partial charge in [0.25, 0.3) is 0 Å². The van der Waals surface area contributed by atoms with Crippen molar-refractivity contribution >= 4 is 0 Å². The Kier molecular flexibility index (Phi) is 4.13. The quantitative estimate of drug-likeness (QED) is 0.865. The van der Waals surface area contributed by atoms with E-state index in [0.717, 1.165) is 25.1 Å². The maximum absolute atomic E-state index is 8.87. The van der Waals surface area contributed by atoms with Gasteiger partial charge in [0.1, 0.15) is 0 Å². The summed E-state index contributed by atoms with van der Waals surface area (Å²) in [7, 11) is 0. The lowest BCUT2D eigenvalue weighted by atomic mass is 10.1. The van der Waals surface area contributed by atoms with Gasteiger partial charge in [0.15, 0.2) is 0 Å². The summed E-state index contributed by atoms with van der Waals surface area (Å²) < 4.78 is 5.88. The molecule has 0 aliphatic carbocycles. The van der Waals surface area contributed by atoms with E-state index in [0.29, 0.717) is 18.3 Å². The molecule has 0 radical (unpaired) electrons. The normalized spacial score (nSPS) is 19.9. The number of nitrogens with one attached hydrogen (secondary N) is 1. The second kappa shape index (κ2) is 5.81. The van der Waals surface area contributed by atoms with E-state index in [4.69, 9.17) is 10.00 Å². The fourth-order valence-corrected chi connectivity index (χ4v) is 2.07. The number of ether oxygens (including phenoxy) is 1. The molecule has 0 aromatic heterocycles. The molecule has 1 saturated heterocycles. The zero-order valence-corrected chi connectivity index (χ0v) is 10.2. The number of nitrogens with zero attached hydrogens (tertiary/aromatic N) is 1.